The first-order chi connectivity index (χ1) is 17.2. The lowest BCUT2D eigenvalue weighted by atomic mass is 10.2. The fraction of sp³-hybridized carbons (Fsp3) is 0.125. The minimum atomic E-state index is -0.608. The van der Waals surface area contributed by atoms with Crippen molar-refractivity contribution in [2.75, 3.05) is 20.3 Å². The summed E-state index contributed by atoms with van der Waals surface area (Å²) in [7, 11) is 1.50. The van der Waals surface area contributed by atoms with E-state index in [-0.39, 0.29) is 13.2 Å². The Morgan fingerprint density at radius 3 is 2.42 bits per heavy atom. The van der Waals surface area contributed by atoms with Gasteiger partial charge in [-0.2, -0.15) is 5.10 Å². The predicted molar refractivity (Wildman–Crippen MR) is 144 cm³/mol. The van der Waals surface area contributed by atoms with Gasteiger partial charge in [0.25, 0.3) is 5.91 Å². The summed E-state index contributed by atoms with van der Waals surface area (Å²) in [5.74, 6) is 0.425. The molecule has 3 rings (SSSR count). The molecule has 0 radical (unpaired) electrons. The van der Waals surface area contributed by atoms with Gasteiger partial charge in [-0.3, -0.25) is 4.79 Å². The van der Waals surface area contributed by atoms with Crippen LogP contribution in [-0.2, 0) is 9.59 Å². The first kappa shape index (κ1) is 27.8. The Morgan fingerprint density at radius 2 is 1.72 bits per heavy atom. The number of halogens is 4. The summed E-state index contributed by atoms with van der Waals surface area (Å²) >= 11 is 18.6. The van der Waals surface area contributed by atoms with Gasteiger partial charge in [-0.05, 0) is 76.1 Å². The first-order valence-corrected chi connectivity index (χ1v) is 12.5. The highest BCUT2D eigenvalue weighted by molar-refractivity contribution is 9.11. The van der Waals surface area contributed by atoms with Gasteiger partial charge in [-0.1, -0.05) is 39.1 Å². The average molecular weight is 661 g/mol. The maximum absolute atomic E-state index is 12.1. The number of benzene rings is 3. The molecule has 188 valence electrons. The second-order valence-electron chi connectivity index (χ2n) is 6.91. The van der Waals surface area contributed by atoms with E-state index in [0.29, 0.717) is 43.1 Å². The monoisotopic (exact) mass is 658 g/mol. The molecule has 0 aliphatic carbocycles. The molecule has 1 N–H and O–H groups in total. The maximum atomic E-state index is 12.1. The molecule has 3 aromatic carbocycles. The van der Waals surface area contributed by atoms with E-state index >= 15 is 0 Å². The number of hydrogen-bond acceptors (Lipinski definition) is 7. The number of carbonyl (C=O) groups excluding carboxylic acids is 2. The summed E-state index contributed by atoms with van der Waals surface area (Å²) in [6, 6.07) is 14.7. The van der Waals surface area contributed by atoms with Crippen molar-refractivity contribution in [1.29, 1.82) is 0 Å². The van der Waals surface area contributed by atoms with Crippen molar-refractivity contribution in [1.82, 2.24) is 5.43 Å². The van der Waals surface area contributed by atoms with Crippen molar-refractivity contribution in [3.8, 4) is 23.0 Å². The molecule has 36 heavy (non-hydrogen) atoms. The molecule has 0 aromatic heterocycles. The summed E-state index contributed by atoms with van der Waals surface area (Å²) in [6.07, 6.45) is 1.44. The third-order valence-corrected chi connectivity index (χ3v) is 5.87. The second kappa shape index (κ2) is 13.5. The van der Waals surface area contributed by atoms with Crippen molar-refractivity contribution in [2.45, 2.75) is 0 Å². The Kier molecular flexibility index (Phi) is 10.4. The maximum Gasteiger partial charge on any atom is 0.349 e. The van der Waals surface area contributed by atoms with E-state index in [4.69, 9.17) is 42.1 Å². The SMILES string of the molecule is COc1cc(Br)cc(Br)c1OCC(=O)NN=Cc1ccc(OC(=O)COc2ccc(Cl)cc2Cl)cc1. The molecule has 12 heteroatoms. The van der Waals surface area contributed by atoms with Gasteiger partial charge in [0.05, 0.1) is 22.8 Å². The third-order valence-electron chi connectivity index (χ3n) is 4.30. The smallest absolute Gasteiger partial charge is 0.349 e. The normalized spacial score (nSPS) is 10.7. The summed E-state index contributed by atoms with van der Waals surface area (Å²) in [6.45, 7) is -0.604. The lowest BCUT2D eigenvalue weighted by Crippen LogP contribution is -2.24. The summed E-state index contributed by atoms with van der Waals surface area (Å²) in [4.78, 5) is 24.1. The minimum absolute atomic E-state index is 0.272. The quantitative estimate of drug-likeness (QED) is 0.123. The first-order valence-electron chi connectivity index (χ1n) is 10.1. The topological polar surface area (TPSA) is 95.5 Å². The Balaban J connectivity index is 1.44. The molecule has 0 aliphatic heterocycles. The highest BCUT2D eigenvalue weighted by atomic mass is 79.9. The summed E-state index contributed by atoms with van der Waals surface area (Å²) < 4.78 is 22.8. The summed E-state index contributed by atoms with van der Waals surface area (Å²) in [5, 5.41) is 4.65. The molecule has 0 saturated heterocycles. The number of methoxy groups -OCH3 is 1. The number of rotatable bonds is 10. The van der Waals surface area contributed by atoms with E-state index < -0.39 is 11.9 Å². The van der Waals surface area contributed by atoms with Crippen molar-refractivity contribution in [3.05, 3.63) is 79.2 Å². The molecule has 0 heterocycles. The zero-order valence-electron chi connectivity index (χ0n) is 18.6. The van der Waals surface area contributed by atoms with Crippen LogP contribution in [0, 0.1) is 0 Å². The number of hydrazone groups is 1. The van der Waals surface area contributed by atoms with E-state index in [1.807, 2.05) is 0 Å². The van der Waals surface area contributed by atoms with E-state index in [2.05, 4.69) is 42.4 Å². The number of esters is 1. The van der Waals surface area contributed by atoms with E-state index in [1.165, 1.54) is 19.4 Å². The number of amides is 1. The Hall–Kier alpha value is -2.79. The van der Waals surface area contributed by atoms with Crippen LogP contribution < -0.4 is 24.4 Å². The molecular weight excluding hydrogens is 643 g/mol. The number of ether oxygens (including phenoxy) is 4. The summed E-state index contributed by atoms with van der Waals surface area (Å²) in [5.41, 5.74) is 3.04. The van der Waals surface area contributed by atoms with Crippen molar-refractivity contribution in [2.24, 2.45) is 5.10 Å². The van der Waals surface area contributed by atoms with Gasteiger partial charge >= 0.3 is 5.97 Å². The molecule has 3 aromatic rings. The number of nitrogens with one attached hydrogen (secondary N) is 1. The molecule has 0 spiro atoms. The molecule has 8 nitrogen and oxygen atoms in total. The number of carbonyl (C=O) groups is 2. The fourth-order valence-corrected chi connectivity index (χ4v) is 4.45. The second-order valence-corrected chi connectivity index (χ2v) is 9.52. The number of hydrogen-bond donors (Lipinski definition) is 1. The van der Waals surface area contributed by atoms with Crippen LogP contribution in [0.2, 0.25) is 10.0 Å². The average Bonchev–Trinajstić information content (AvgIpc) is 2.83. The van der Waals surface area contributed by atoms with Crippen molar-refractivity contribution in [3.63, 3.8) is 0 Å². The van der Waals surface area contributed by atoms with Crippen LogP contribution in [0.5, 0.6) is 23.0 Å². The van der Waals surface area contributed by atoms with Gasteiger partial charge in [-0.25, -0.2) is 10.2 Å². The molecule has 0 bridgehead atoms. The van der Waals surface area contributed by atoms with Crippen LogP contribution in [0.1, 0.15) is 5.56 Å². The Bertz CT molecular complexity index is 1270. The molecular formula is C24H18Br2Cl2N2O6. The predicted octanol–water partition coefficient (Wildman–Crippen LogP) is 6.04. The largest absolute Gasteiger partial charge is 0.493 e. The van der Waals surface area contributed by atoms with Gasteiger partial charge in [0.2, 0.25) is 0 Å². The number of nitrogens with zero attached hydrogens (tertiary/aromatic N) is 1. The zero-order chi connectivity index (χ0) is 26.1. The van der Waals surface area contributed by atoms with Gasteiger partial charge in [0, 0.05) is 9.50 Å². The van der Waals surface area contributed by atoms with Crippen LogP contribution >= 0.6 is 55.1 Å². The van der Waals surface area contributed by atoms with Gasteiger partial charge in [-0.15, -0.1) is 0 Å². The molecule has 0 fully saturated rings. The van der Waals surface area contributed by atoms with Crippen molar-refractivity contribution < 1.29 is 28.5 Å². The van der Waals surface area contributed by atoms with Crippen LogP contribution in [0.15, 0.2) is 68.6 Å². The lowest BCUT2D eigenvalue weighted by molar-refractivity contribution is -0.136. The fourth-order valence-electron chi connectivity index (χ4n) is 2.69. The van der Waals surface area contributed by atoms with E-state index in [0.717, 1.165) is 4.47 Å². The van der Waals surface area contributed by atoms with Crippen LogP contribution in [0.4, 0.5) is 0 Å². The van der Waals surface area contributed by atoms with Crippen LogP contribution in [-0.4, -0.2) is 38.4 Å². The highest BCUT2D eigenvalue weighted by Gasteiger charge is 2.13. The van der Waals surface area contributed by atoms with E-state index in [1.54, 1.807) is 48.5 Å². The van der Waals surface area contributed by atoms with Gasteiger partial charge in [0.1, 0.15) is 11.5 Å². The minimum Gasteiger partial charge on any atom is -0.493 e. The van der Waals surface area contributed by atoms with Crippen molar-refractivity contribution >= 4 is 73.2 Å². The standard InChI is InChI=1S/C24H18Br2Cl2N2O6/c1-33-21-9-15(25)8-18(26)24(21)35-12-22(31)30-29-11-14-2-5-17(6-3-14)36-23(32)13-34-20-7-4-16(27)10-19(20)28/h2-11H,12-13H2,1H3,(H,30,31). The van der Waals surface area contributed by atoms with E-state index in [9.17, 15) is 9.59 Å². The van der Waals surface area contributed by atoms with Gasteiger partial charge < -0.3 is 18.9 Å². The third kappa shape index (κ3) is 8.41. The Labute approximate surface area is 233 Å². The molecule has 0 saturated carbocycles. The molecule has 0 atom stereocenters. The molecule has 1 amide bonds. The Morgan fingerprint density at radius 1 is 0.972 bits per heavy atom. The molecule has 0 unspecified atom stereocenters. The lowest BCUT2D eigenvalue weighted by Gasteiger charge is -2.12. The molecule has 0 aliphatic rings. The highest BCUT2D eigenvalue weighted by Crippen LogP contribution is 2.38. The van der Waals surface area contributed by atoms with Gasteiger partial charge in [0.15, 0.2) is 24.7 Å². The van der Waals surface area contributed by atoms with Crippen LogP contribution in [0.3, 0.4) is 0 Å². The zero-order valence-corrected chi connectivity index (χ0v) is 23.3. The van der Waals surface area contributed by atoms with Crippen LogP contribution in [0.25, 0.3) is 0 Å².